The minimum absolute atomic E-state index is 0.0557. The van der Waals surface area contributed by atoms with Gasteiger partial charge in [0.15, 0.2) is 5.82 Å². The predicted molar refractivity (Wildman–Crippen MR) is 106 cm³/mol. The number of benzene rings is 1. The average molecular weight is 397 g/mol. The number of carbonyl (C=O) groups is 1. The van der Waals surface area contributed by atoms with Gasteiger partial charge in [0.2, 0.25) is 5.78 Å². The lowest BCUT2D eigenvalue weighted by Gasteiger charge is -2.33. The Bertz CT molecular complexity index is 1010. The Labute approximate surface area is 165 Å². The van der Waals surface area contributed by atoms with Crippen LogP contribution < -0.4 is 4.90 Å². The van der Waals surface area contributed by atoms with E-state index in [-0.39, 0.29) is 28.8 Å². The first-order valence-electron chi connectivity index (χ1n) is 8.99. The lowest BCUT2D eigenvalue weighted by Crippen LogP contribution is -2.34. The summed E-state index contributed by atoms with van der Waals surface area (Å²) in [6.45, 7) is 1.43. The Morgan fingerprint density at radius 3 is 2.86 bits per heavy atom. The maximum atomic E-state index is 12.7. The molecule has 1 atom stereocenters. The number of nitrogens with zero attached hydrogens (tertiary/aromatic N) is 5. The van der Waals surface area contributed by atoms with Crippen LogP contribution in [-0.2, 0) is 7.05 Å². The largest absolute Gasteiger partial charge is 0.365 e. The van der Waals surface area contributed by atoms with Crippen molar-refractivity contribution in [2.24, 2.45) is 7.05 Å². The molecule has 1 unspecified atom stereocenters. The number of rotatable bonds is 5. The molecule has 3 heterocycles. The smallest absolute Gasteiger partial charge is 0.293 e. The Hall–Kier alpha value is -3.07. The molecule has 1 saturated heterocycles. The monoisotopic (exact) mass is 397 g/mol. The van der Waals surface area contributed by atoms with Gasteiger partial charge in [0.25, 0.3) is 5.69 Å². The Kier molecular flexibility index (Phi) is 4.91. The van der Waals surface area contributed by atoms with Crippen LogP contribution in [0, 0.1) is 10.1 Å². The van der Waals surface area contributed by atoms with E-state index in [0.717, 1.165) is 24.4 Å². The third-order valence-corrected chi connectivity index (χ3v) is 5.96. The number of aryl methyl sites for hydroxylation is 1. The first-order chi connectivity index (χ1) is 13.5. The van der Waals surface area contributed by atoms with Crippen molar-refractivity contribution in [3.63, 3.8) is 0 Å². The number of carbonyl (C=O) groups excluding carboxylic acids is 1. The number of nitro groups is 1. The van der Waals surface area contributed by atoms with Crippen molar-refractivity contribution in [1.29, 1.82) is 0 Å². The number of aromatic nitrogens is 3. The molecule has 2 aromatic heterocycles. The number of nitro benzene ring substituents is 1. The van der Waals surface area contributed by atoms with Crippen LogP contribution in [-0.4, -0.2) is 38.3 Å². The molecule has 0 radical (unpaired) electrons. The molecule has 144 valence electrons. The molecule has 1 fully saturated rings. The van der Waals surface area contributed by atoms with Gasteiger partial charge in [0.1, 0.15) is 5.69 Å². The van der Waals surface area contributed by atoms with Gasteiger partial charge >= 0.3 is 0 Å². The van der Waals surface area contributed by atoms with Crippen LogP contribution in [0.3, 0.4) is 0 Å². The molecule has 0 amide bonds. The molecule has 1 aliphatic heterocycles. The molecular formula is C19H19N5O3S. The fourth-order valence-electron chi connectivity index (χ4n) is 3.63. The SMILES string of the molecule is Cn1ccnc1C(=O)c1ccc(N2CCCC(c3nccs3)C2)c([N+](=O)[O-])c1. The van der Waals surface area contributed by atoms with E-state index >= 15 is 0 Å². The van der Waals surface area contributed by atoms with Gasteiger partial charge in [-0.2, -0.15) is 0 Å². The first-order valence-corrected chi connectivity index (χ1v) is 9.87. The minimum Gasteiger partial charge on any atom is -0.365 e. The number of hydrogen-bond donors (Lipinski definition) is 0. The Morgan fingerprint density at radius 1 is 1.32 bits per heavy atom. The molecule has 0 spiro atoms. The van der Waals surface area contributed by atoms with E-state index in [0.29, 0.717) is 12.2 Å². The van der Waals surface area contributed by atoms with Gasteiger partial charge in [-0.25, -0.2) is 9.97 Å². The van der Waals surface area contributed by atoms with Crippen LogP contribution in [0.2, 0.25) is 0 Å². The van der Waals surface area contributed by atoms with Crippen LogP contribution in [0.5, 0.6) is 0 Å². The average Bonchev–Trinajstić information content (AvgIpc) is 3.39. The molecule has 1 aliphatic rings. The molecule has 9 heteroatoms. The van der Waals surface area contributed by atoms with E-state index in [1.54, 1.807) is 47.5 Å². The molecule has 0 aliphatic carbocycles. The molecule has 8 nitrogen and oxygen atoms in total. The molecule has 4 rings (SSSR count). The lowest BCUT2D eigenvalue weighted by atomic mass is 9.97. The Morgan fingerprint density at radius 2 is 2.18 bits per heavy atom. The number of ketones is 1. The number of piperidine rings is 1. The van der Waals surface area contributed by atoms with Crippen LogP contribution in [0.4, 0.5) is 11.4 Å². The van der Waals surface area contributed by atoms with Crippen molar-refractivity contribution in [1.82, 2.24) is 14.5 Å². The number of thiazole rings is 1. The molecule has 28 heavy (non-hydrogen) atoms. The number of hydrogen-bond acceptors (Lipinski definition) is 7. The van der Waals surface area contributed by atoms with Crippen molar-refractivity contribution in [3.05, 3.63) is 68.7 Å². The molecule has 0 bridgehead atoms. The molecule has 0 saturated carbocycles. The summed E-state index contributed by atoms with van der Waals surface area (Å²) in [5.74, 6) is 0.188. The van der Waals surface area contributed by atoms with E-state index in [9.17, 15) is 14.9 Å². The highest BCUT2D eigenvalue weighted by atomic mass is 32.1. The summed E-state index contributed by atoms with van der Waals surface area (Å²) >= 11 is 1.62. The summed E-state index contributed by atoms with van der Waals surface area (Å²) in [5, 5.41) is 14.8. The van der Waals surface area contributed by atoms with Crippen molar-refractivity contribution in [3.8, 4) is 0 Å². The zero-order valence-electron chi connectivity index (χ0n) is 15.3. The molecule has 3 aromatic rings. The summed E-state index contributed by atoms with van der Waals surface area (Å²) in [6, 6.07) is 4.68. The van der Waals surface area contributed by atoms with Gasteiger partial charge in [-0.15, -0.1) is 11.3 Å². The maximum Gasteiger partial charge on any atom is 0.293 e. The van der Waals surface area contributed by atoms with E-state index in [2.05, 4.69) is 9.97 Å². The summed E-state index contributed by atoms with van der Waals surface area (Å²) in [7, 11) is 1.72. The minimum atomic E-state index is -0.419. The summed E-state index contributed by atoms with van der Waals surface area (Å²) in [5.41, 5.74) is 0.751. The van der Waals surface area contributed by atoms with Gasteiger partial charge in [0, 0.05) is 61.7 Å². The van der Waals surface area contributed by atoms with Gasteiger partial charge in [0.05, 0.1) is 9.93 Å². The van der Waals surface area contributed by atoms with Gasteiger partial charge < -0.3 is 9.47 Å². The van der Waals surface area contributed by atoms with Crippen LogP contribution >= 0.6 is 11.3 Å². The van der Waals surface area contributed by atoms with Crippen molar-refractivity contribution >= 4 is 28.5 Å². The topological polar surface area (TPSA) is 94.2 Å². The molecule has 1 aromatic carbocycles. The second-order valence-corrected chi connectivity index (χ2v) is 7.73. The summed E-state index contributed by atoms with van der Waals surface area (Å²) in [6.07, 6.45) is 6.95. The third kappa shape index (κ3) is 3.40. The summed E-state index contributed by atoms with van der Waals surface area (Å²) < 4.78 is 1.60. The zero-order chi connectivity index (χ0) is 19.7. The van der Waals surface area contributed by atoms with Crippen LogP contribution in [0.25, 0.3) is 0 Å². The summed E-state index contributed by atoms with van der Waals surface area (Å²) in [4.78, 5) is 34.5. The molecule has 0 N–H and O–H groups in total. The van der Waals surface area contributed by atoms with Crippen LogP contribution in [0.15, 0.2) is 42.2 Å². The second-order valence-electron chi connectivity index (χ2n) is 6.81. The van der Waals surface area contributed by atoms with Gasteiger partial charge in [-0.1, -0.05) is 0 Å². The lowest BCUT2D eigenvalue weighted by molar-refractivity contribution is -0.384. The fraction of sp³-hybridized carbons (Fsp3) is 0.316. The van der Waals surface area contributed by atoms with Gasteiger partial charge in [-0.05, 0) is 25.0 Å². The first kappa shape index (κ1) is 18.3. The van der Waals surface area contributed by atoms with E-state index in [4.69, 9.17) is 0 Å². The zero-order valence-corrected chi connectivity index (χ0v) is 16.1. The second kappa shape index (κ2) is 7.51. The Balaban J connectivity index is 1.65. The highest BCUT2D eigenvalue weighted by Gasteiger charge is 2.28. The normalized spacial score (nSPS) is 16.9. The quantitative estimate of drug-likeness (QED) is 0.372. The van der Waals surface area contributed by atoms with E-state index < -0.39 is 4.92 Å². The van der Waals surface area contributed by atoms with Crippen molar-refractivity contribution in [2.75, 3.05) is 18.0 Å². The third-order valence-electron chi connectivity index (χ3n) is 5.02. The standard InChI is InChI=1S/C19H19N5O3S/c1-22-9-6-20-18(22)17(25)13-4-5-15(16(11-13)24(26)27)23-8-2-3-14(12-23)19-21-7-10-28-19/h4-7,9-11,14H,2-3,8,12H2,1H3. The highest BCUT2D eigenvalue weighted by Crippen LogP contribution is 2.36. The highest BCUT2D eigenvalue weighted by molar-refractivity contribution is 7.09. The predicted octanol–water partition coefficient (Wildman–Crippen LogP) is 3.40. The van der Waals surface area contributed by atoms with E-state index in [1.807, 2.05) is 10.3 Å². The van der Waals surface area contributed by atoms with Crippen LogP contribution in [0.1, 0.15) is 39.9 Å². The fourth-order valence-corrected chi connectivity index (χ4v) is 4.39. The molecular weight excluding hydrogens is 378 g/mol. The number of anilines is 1. The van der Waals surface area contributed by atoms with Gasteiger partial charge in [-0.3, -0.25) is 14.9 Å². The van der Waals surface area contributed by atoms with Crippen molar-refractivity contribution in [2.45, 2.75) is 18.8 Å². The van der Waals surface area contributed by atoms with E-state index in [1.165, 1.54) is 12.3 Å². The van der Waals surface area contributed by atoms with Crippen molar-refractivity contribution < 1.29 is 9.72 Å². The number of imidazole rings is 1. The maximum absolute atomic E-state index is 12.7.